The first kappa shape index (κ1) is 19.6. The van der Waals surface area contributed by atoms with Crippen LogP contribution in [0.3, 0.4) is 0 Å². The van der Waals surface area contributed by atoms with Gasteiger partial charge in [0, 0.05) is 0 Å². The third kappa shape index (κ3) is 3.04. The molecular formula is C19H33N2O4Si+. The van der Waals surface area contributed by atoms with E-state index in [1.165, 1.54) is 0 Å². The molecule has 3 rings (SSSR count). The monoisotopic (exact) mass is 381 g/mol. The van der Waals surface area contributed by atoms with Crippen molar-refractivity contribution in [3.8, 4) is 6.01 Å². The van der Waals surface area contributed by atoms with Crippen molar-refractivity contribution in [2.45, 2.75) is 77.6 Å². The van der Waals surface area contributed by atoms with Gasteiger partial charge in [0.15, 0.2) is 8.32 Å². The lowest BCUT2D eigenvalue weighted by Gasteiger charge is -2.43. The summed E-state index contributed by atoms with van der Waals surface area (Å²) in [5.41, 5.74) is 0.659. The summed E-state index contributed by atoms with van der Waals surface area (Å²) in [6, 6.07) is 0.573. The van der Waals surface area contributed by atoms with Gasteiger partial charge in [-0.1, -0.05) is 27.7 Å². The summed E-state index contributed by atoms with van der Waals surface area (Å²) in [5.74, 6) is 0.557. The molecule has 26 heavy (non-hydrogen) atoms. The smallest absolute Gasteiger partial charge is 0.424 e. The standard InChI is InChI=1S/C19H33N2O4Si/c1-12(2)19(4,5)26(7,8)23-11-15-14-9-16(24-15)21-10-13(3)17(22)20(6)18(21)25-14/h10,12,14-16H,9,11H2,1-8H3/q+1/t14-,15-,16-/m1/s1. The maximum Gasteiger partial charge on any atom is 0.461 e. The summed E-state index contributed by atoms with van der Waals surface area (Å²) in [7, 11) is -0.163. The number of hydrogen-bond donors (Lipinski definition) is 0. The van der Waals surface area contributed by atoms with Gasteiger partial charge >= 0.3 is 11.6 Å². The summed E-state index contributed by atoms with van der Waals surface area (Å²) < 4.78 is 22.4. The highest BCUT2D eigenvalue weighted by Gasteiger charge is 2.50. The van der Waals surface area contributed by atoms with Crippen molar-refractivity contribution in [1.29, 1.82) is 0 Å². The number of ether oxygens (including phenoxy) is 2. The Morgan fingerprint density at radius 3 is 2.69 bits per heavy atom. The van der Waals surface area contributed by atoms with E-state index in [0.717, 1.165) is 6.42 Å². The van der Waals surface area contributed by atoms with Crippen molar-refractivity contribution < 1.29 is 18.5 Å². The summed E-state index contributed by atoms with van der Waals surface area (Å²) in [4.78, 5) is 12.2. The molecule has 0 spiro atoms. The number of nitrogens with zero attached hydrogens (tertiary/aromatic N) is 2. The van der Waals surface area contributed by atoms with E-state index < -0.39 is 8.32 Å². The Hall–Kier alpha value is -1.18. The van der Waals surface area contributed by atoms with Crippen molar-refractivity contribution in [3.63, 3.8) is 0 Å². The molecule has 1 saturated heterocycles. The highest BCUT2D eigenvalue weighted by molar-refractivity contribution is 6.74. The van der Waals surface area contributed by atoms with Gasteiger partial charge in [-0.3, -0.25) is 0 Å². The zero-order valence-electron chi connectivity index (χ0n) is 17.3. The number of aryl methyl sites for hydroxylation is 1. The Morgan fingerprint density at radius 1 is 1.42 bits per heavy atom. The summed E-state index contributed by atoms with van der Waals surface area (Å²) in [6.07, 6.45) is 2.36. The van der Waals surface area contributed by atoms with Gasteiger partial charge in [-0.25, -0.2) is 4.79 Å². The van der Waals surface area contributed by atoms with Crippen LogP contribution in [-0.4, -0.2) is 31.7 Å². The molecule has 0 aliphatic carbocycles. The average Bonchev–Trinajstić information content (AvgIpc) is 2.89. The molecule has 0 radical (unpaired) electrons. The molecule has 2 aliphatic rings. The van der Waals surface area contributed by atoms with Crippen LogP contribution < -0.4 is 14.9 Å². The van der Waals surface area contributed by atoms with Crippen molar-refractivity contribution in [2.24, 2.45) is 13.0 Å². The molecular weight excluding hydrogens is 348 g/mol. The Morgan fingerprint density at radius 2 is 2.08 bits per heavy atom. The molecule has 0 aromatic carbocycles. The van der Waals surface area contributed by atoms with Gasteiger partial charge in [0.1, 0.15) is 18.4 Å². The second-order valence-electron chi connectivity index (χ2n) is 9.09. The molecule has 0 unspecified atom stereocenters. The van der Waals surface area contributed by atoms with E-state index in [1.54, 1.807) is 11.6 Å². The minimum atomic E-state index is -1.91. The average molecular weight is 382 g/mol. The fourth-order valence-corrected chi connectivity index (χ4v) is 5.99. The van der Waals surface area contributed by atoms with Gasteiger partial charge in [-0.05, 0) is 31.0 Å². The van der Waals surface area contributed by atoms with Crippen LogP contribution >= 0.6 is 0 Å². The van der Waals surface area contributed by atoms with Crippen LogP contribution in [0.2, 0.25) is 18.1 Å². The normalized spacial score (nSPS) is 25.3. The van der Waals surface area contributed by atoms with Gasteiger partial charge in [-0.15, -0.1) is 0 Å². The second-order valence-corrected chi connectivity index (χ2v) is 13.7. The Kier molecular flexibility index (Phi) is 4.86. The molecule has 3 atom stereocenters. The molecule has 146 valence electrons. The minimum absolute atomic E-state index is 0.0300. The quantitative estimate of drug-likeness (QED) is 0.581. The van der Waals surface area contributed by atoms with Crippen LogP contribution in [0.25, 0.3) is 0 Å². The maximum atomic E-state index is 12.2. The minimum Gasteiger partial charge on any atom is -0.424 e. The van der Waals surface area contributed by atoms with Crippen LogP contribution in [-0.2, 0) is 16.2 Å². The first-order valence-corrected chi connectivity index (χ1v) is 12.4. The Bertz CT molecular complexity index is 757. The Balaban J connectivity index is 1.75. The predicted octanol–water partition coefficient (Wildman–Crippen LogP) is 2.69. The number of fused-ring (bicyclic) bond motifs is 4. The molecule has 7 heteroatoms. The fourth-order valence-electron chi connectivity index (χ4n) is 3.64. The van der Waals surface area contributed by atoms with Crippen LogP contribution in [0.1, 0.15) is 45.9 Å². The zero-order valence-corrected chi connectivity index (χ0v) is 18.3. The van der Waals surface area contributed by atoms with Crippen molar-refractivity contribution in [3.05, 3.63) is 22.1 Å². The molecule has 0 saturated carbocycles. The lowest BCUT2D eigenvalue weighted by atomic mass is 9.99. The van der Waals surface area contributed by atoms with Crippen molar-refractivity contribution >= 4 is 8.32 Å². The first-order valence-electron chi connectivity index (χ1n) is 9.53. The van der Waals surface area contributed by atoms with Crippen LogP contribution in [0.5, 0.6) is 6.01 Å². The van der Waals surface area contributed by atoms with Gasteiger partial charge in [-0.2, -0.15) is 9.13 Å². The van der Waals surface area contributed by atoms with E-state index in [0.29, 0.717) is 24.1 Å². The van der Waals surface area contributed by atoms with Gasteiger partial charge < -0.3 is 13.9 Å². The molecule has 2 aliphatic heterocycles. The maximum absolute atomic E-state index is 12.2. The molecule has 1 aromatic heterocycles. The van der Waals surface area contributed by atoms with Gasteiger partial charge in [0.2, 0.25) is 6.23 Å². The Labute approximate surface area is 157 Å². The topological polar surface area (TPSA) is 53.6 Å². The summed E-state index contributed by atoms with van der Waals surface area (Å²) in [6.45, 7) is 16.1. The largest absolute Gasteiger partial charge is 0.461 e. The molecule has 6 nitrogen and oxygen atoms in total. The second kappa shape index (κ2) is 6.46. The highest BCUT2D eigenvalue weighted by atomic mass is 28.4. The van der Waals surface area contributed by atoms with Gasteiger partial charge in [0.25, 0.3) is 0 Å². The van der Waals surface area contributed by atoms with Crippen molar-refractivity contribution in [1.82, 2.24) is 4.57 Å². The third-order valence-electron chi connectivity index (χ3n) is 6.83. The van der Waals surface area contributed by atoms with E-state index >= 15 is 0 Å². The van der Waals surface area contributed by atoms with Crippen LogP contribution in [0, 0.1) is 12.8 Å². The zero-order chi connectivity index (χ0) is 19.4. The lowest BCUT2D eigenvalue weighted by molar-refractivity contribution is -0.770. The number of aromatic nitrogens is 2. The first-order chi connectivity index (χ1) is 12.0. The van der Waals surface area contributed by atoms with E-state index in [4.69, 9.17) is 13.9 Å². The molecule has 1 fully saturated rings. The van der Waals surface area contributed by atoms with E-state index in [9.17, 15) is 4.79 Å². The molecule has 1 aromatic rings. The summed E-state index contributed by atoms with van der Waals surface area (Å²) >= 11 is 0. The van der Waals surface area contributed by atoms with E-state index in [-0.39, 0.29) is 29.0 Å². The lowest BCUT2D eigenvalue weighted by Crippen LogP contribution is -2.50. The number of hydrogen-bond acceptors (Lipinski definition) is 4. The fraction of sp³-hybridized carbons (Fsp3) is 0.789. The molecule has 0 N–H and O–H groups in total. The third-order valence-corrected chi connectivity index (χ3v) is 11.4. The van der Waals surface area contributed by atoms with E-state index in [1.807, 2.05) is 17.7 Å². The SMILES string of the molecule is Cc1c[n+]2c(n(C)c1=O)O[C@@H]1C[C@H]2O[C@@H]1CO[Si](C)(C)C(C)(C)C(C)C. The predicted molar refractivity (Wildman–Crippen MR) is 102 cm³/mol. The molecule has 0 amide bonds. The summed E-state index contributed by atoms with van der Waals surface area (Å²) in [5, 5.41) is 0.167. The van der Waals surface area contributed by atoms with Crippen LogP contribution in [0.15, 0.2) is 11.0 Å². The number of rotatable bonds is 5. The highest BCUT2D eigenvalue weighted by Crippen LogP contribution is 2.45. The van der Waals surface area contributed by atoms with Crippen LogP contribution in [0.4, 0.5) is 0 Å². The van der Waals surface area contributed by atoms with Gasteiger partial charge in [0.05, 0.1) is 25.6 Å². The molecule has 3 heterocycles. The van der Waals surface area contributed by atoms with E-state index in [2.05, 4.69) is 40.8 Å². The van der Waals surface area contributed by atoms with Crippen molar-refractivity contribution in [2.75, 3.05) is 6.61 Å². The molecule has 2 bridgehead atoms.